The fourth-order valence-electron chi connectivity index (χ4n) is 5.77. The Kier molecular flexibility index (Phi) is 9.47. The number of rotatable bonds is 12. The van der Waals surface area contributed by atoms with Gasteiger partial charge in [-0.25, -0.2) is 0 Å². The molecule has 1 aromatic heterocycles. The number of hydrogen-bond donors (Lipinski definition) is 0. The van der Waals surface area contributed by atoms with Crippen LogP contribution in [-0.2, 0) is 16.8 Å². The summed E-state index contributed by atoms with van der Waals surface area (Å²) in [6.45, 7) is 1.77. The standard InChI is InChI=1S/C37H35N3O2S/c1-4-12-31(13-5-1)37(32-14-6-2-7-15-32,33-16-8-3-9-17-33)40-28-36(43-29-40)26-30-19-21-35(22-20-30)41-24-25-42-39-27-34-18-10-11-23-38-34/h1-23,27,36H,24-26,28-29H2. The van der Waals surface area contributed by atoms with E-state index < -0.39 is 0 Å². The fourth-order valence-corrected chi connectivity index (χ4v) is 7.05. The molecule has 1 fully saturated rings. The highest BCUT2D eigenvalue weighted by atomic mass is 32.2. The molecule has 0 spiro atoms. The number of hydrogen-bond acceptors (Lipinski definition) is 6. The third-order valence-corrected chi connectivity index (χ3v) is 8.96. The maximum Gasteiger partial charge on any atom is 0.151 e. The van der Waals surface area contributed by atoms with E-state index in [9.17, 15) is 0 Å². The number of ether oxygens (including phenoxy) is 1. The third-order valence-electron chi connectivity index (χ3n) is 7.72. The topological polar surface area (TPSA) is 47.0 Å². The zero-order chi connectivity index (χ0) is 29.2. The van der Waals surface area contributed by atoms with Gasteiger partial charge in [-0.3, -0.25) is 9.88 Å². The lowest BCUT2D eigenvalue weighted by Crippen LogP contribution is -2.47. The lowest BCUT2D eigenvalue weighted by Gasteiger charge is -2.43. The van der Waals surface area contributed by atoms with Gasteiger partial charge in [0, 0.05) is 23.9 Å². The van der Waals surface area contributed by atoms with E-state index in [0.29, 0.717) is 18.5 Å². The van der Waals surface area contributed by atoms with Gasteiger partial charge < -0.3 is 9.57 Å². The maximum atomic E-state index is 5.86. The normalized spacial score (nSPS) is 15.5. The van der Waals surface area contributed by atoms with Gasteiger partial charge >= 0.3 is 0 Å². The molecule has 5 aromatic rings. The van der Waals surface area contributed by atoms with Crippen LogP contribution in [0.5, 0.6) is 5.75 Å². The SMILES string of the molecule is C(=NOCCOc1ccc(CC2CN(C(c3ccccc3)(c3ccccc3)c3ccccc3)CS2)cc1)c1ccccn1. The molecule has 0 N–H and O–H groups in total. The predicted octanol–water partition coefficient (Wildman–Crippen LogP) is 7.42. The molecule has 1 saturated heterocycles. The molecule has 5 nitrogen and oxygen atoms in total. The molecule has 43 heavy (non-hydrogen) atoms. The van der Waals surface area contributed by atoms with Gasteiger partial charge in [-0.05, 0) is 52.9 Å². The molecular formula is C37H35N3O2S. The van der Waals surface area contributed by atoms with Gasteiger partial charge in [0.25, 0.3) is 0 Å². The first-order chi connectivity index (χ1) is 21.3. The van der Waals surface area contributed by atoms with E-state index in [1.165, 1.54) is 22.3 Å². The van der Waals surface area contributed by atoms with Crippen LogP contribution < -0.4 is 4.74 Å². The molecule has 6 heteroatoms. The predicted molar refractivity (Wildman–Crippen MR) is 176 cm³/mol. The van der Waals surface area contributed by atoms with Crippen LogP contribution in [0.4, 0.5) is 0 Å². The molecule has 4 aromatic carbocycles. The first-order valence-corrected chi connectivity index (χ1v) is 15.7. The second kappa shape index (κ2) is 14.2. The summed E-state index contributed by atoms with van der Waals surface area (Å²) in [7, 11) is 0. The molecule has 1 aliphatic heterocycles. The lowest BCUT2D eigenvalue weighted by atomic mass is 9.75. The molecule has 1 atom stereocenters. The van der Waals surface area contributed by atoms with Gasteiger partial charge in [0.05, 0.1) is 17.4 Å². The van der Waals surface area contributed by atoms with E-state index in [-0.39, 0.29) is 5.54 Å². The Morgan fingerprint density at radius 1 is 0.744 bits per heavy atom. The largest absolute Gasteiger partial charge is 0.490 e. The number of benzene rings is 4. The Morgan fingerprint density at radius 3 is 1.93 bits per heavy atom. The summed E-state index contributed by atoms with van der Waals surface area (Å²) in [6.07, 6.45) is 4.32. The molecule has 0 saturated carbocycles. The first kappa shape index (κ1) is 28.7. The van der Waals surface area contributed by atoms with Crippen LogP contribution in [0.15, 0.2) is 145 Å². The Balaban J connectivity index is 1.11. The maximum absolute atomic E-state index is 5.86. The minimum Gasteiger partial charge on any atom is -0.490 e. The number of nitrogens with zero attached hydrogens (tertiary/aromatic N) is 3. The van der Waals surface area contributed by atoms with E-state index in [2.05, 4.69) is 118 Å². The van der Waals surface area contributed by atoms with Crippen molar-refractivity contribution in [3.8, 4) is 5.75 Å². The second-order valence-electron chi connectivity index (χ2n) is 10.5. The third kappa shape index (κ3) is 6.82. The van der Waals surface area contributed by atoms with Gasteiger partial charge in [0.2, 0.25) is 0 Å². The summed E-state index contributed by atoms with van der Waals surface area (Å²) in [5, 5.41) is 4.43. The monoisotopic (exact) mass is 585 g/mol. The average molecular weight is 586 g/mol. The number of pyridine rings is 1. The minimum absolute atomic E-state index is 0.367. The summed E-state index contributed by atoms with van der Waals surface area (Å²) < 4.78 is 5.86. The van der Waals surface area contributed by atoms with Crippen LogP contribution >= 0.6 is 11.8 Å². The lowest BCUT2D eigenvalue weighted by molar-refractivity contribution is 0.108. The summed E-state index contributed by atoms with van der Waals surface area (Å²) in [4.78, 5) is 12.1. The number of oxime groups is 1. The highest BCUT2D eigenvalue weighted by Gasteiger charge is 2.45. The van der Waals surface area contributed by atoms with Gasteiger partial charge in [0.1, 0.15) is 12.4 Å². The molecule has 0 amide bonds. The van der Waals surface area contributed by atoms with Crippen LogP contribution in [0, 0.1) is 0 Å². The molecule has 6 rings (SSSR count). The Bertz CT molecular complexity index is 1470. The average Bonchev–Trinajstić information content (AvgIpc) is 3.54. The number of aromatic nitrogens is 1. The van der Waals surface area contributed by atoms with Crippen molar-refractivity contribution >= 4 is 18.0 Å². The first-order valence-electron chi connectivity index (χ1n) is 14.6. The summed E-state index contributed by atoms with van der Waals surface area (Å²) in [5.74, 6) is 1.78. The molecule has 0 radical (unpaired) electrons. The molecule has 1 unspecified atom stereocenters. The van der Waals surface area contributed by atoms with Crippen molar-refractivity contribution in [2.24, 2.45) is 5.16 Å². The van der Waals surface area contributed by atoms with E-state index in [1.807, 2.05) is 42.1 Å². The van der Waals surface area contributed by atoms with Crippen molar-refractivity contribution in [2.75, 3.05) is 25.6 Å². The van der Waals surface area contributed by atoms with Crippen molar-refractivity contribution in [1.29, 1.82) is 0 Å². The minimum atomic E-state index is -0.368. The van der Waals surface area contributed by atoms with Gasteiger partial charge in [-0.1, -0.05) is 114 Å². The van der Waals surface area contributed by atoms with Crippen LogP contribution in [0.2, 0.25) is 0 Å². The molecular weight excluding hydrogens is 550 g/mol. The summed E-state index contributed by atoms with van der Waals surface area (Å²) in [6, 6.07) is 47.0. The van der Waals surface area contributed by atoms with Crippen LogP contribution in [0.25, 0.3) is 0 Å². The Morgan fingerprint density at radius 2 is 1.35 bits per heavy atom. The van der Waals surface area contributed by atoms with Gasteiger partial charge in [0.15, 0.2) is 6.61 Å². The van der Waals surface area contributed by atoms with Crippen LogP contribution in [0.3, 0.4) is 0 Å². The van der Waals surface area contributed by atoms with E-state index in [0.717, 1.165) is 30.3 Å². The molecule has 0 aliphatic carbocycles. The van der Waals surface area contributed by atoms with Crippen molar-refractivity contribution in [3.05, 3.63) is 168 Å². The molecule has 0 bridgehead atoms. The van der Waals surface area contributed by atoms with Crippen molar-refractivity contribution in [1.82, 2.24) is 9.88 Å². The van der Waals surface area contributed by atoms with Crippen molar-refractivity contribution < 1.29 is 9.57 Å². The summed E-state index contributed by atoms with van der Waals surface area (Å²) in [5.41, 5.74) is 5.58. The quantitative estimate of drug-likeness (QED) is 0.0660. The van der Waals surface area contributed by atoms with Gasteiger partial charge in [-0.15, -0.1) is 11.8 Å². The van der Waals surface area contributed by atoms with Crippen LogP contribution in [-0.4, -0.2) is 47.0 Å². The zero-order valence-electron chi connectivity index (χ0n) is 24.0. The molecule has 1 aliphatic rings. The summed E-state index contributed by atoms with van der Waals surface area (Å²) >= 11 is 2.04. The highest BCUT2D eigenvalue weighted by Crippen LogP contribution is 2.46. The van der Waals surface area contributed by atoms with E-state index >= 15 is 0 Å². The van der Waals surface area contributed by atoms with E-state index in [4.69, 9.17) is 9.57 Å². The molecule has 216 valence electrons. The smallest absolute Gasteiger partial charge is 0.151 e. The Hall–Kier alpha value is -4.39. The number of thioether (sulfide) groups is 1. The molecule has 2 heterocycles. The van der Waals surface area contributed by atoms with Crippen molar-refractivity contribution in [3.63, 3.8) is 0 Å². The van der Waals surface area contributed by atoms with E-state index in [1.54, 1.807) is 12.4 Å². The second-order valence-corrected chi connectivity index (χ2v) is 11.7. The van der Waals surface area contributed by atoms with Crippen molar-refractivity contribution in [2.45, 2.75) is 17.2 Å². The zero-order valence-corrected chi connectivity index (χ0v) is 24.9. The Labute approximate surface area is 258 Å². The highest BCUT2D eigenvalue weighted by molar-refractivity contribution is 8.00. The fraction of sp³-hybridized carbons (Fsp3) is 0.189. The van der Waals surface area contributed by atoms with Crippen LogP contribution in [0.1, 0.15) is 27.9 Å². The van der Waals surface area contributed by atoms with Gasteiger partial charge in [-0.2, -0.15) is 0 Å².